The van der Waals surface area contributed by atoms with Crippen molar-refractivity contribution in [2.75, 3.05) is 4.72 Å². The average Bonchev–Trinajstić information content (AvgIpc) is 2.72. The van der Waals surface area contributed by atoms with Crippen LogP contribution in [0.15, 0.2) is 71.6 Å². The molecule has 0 saturated carbocycles. The second-order valence-electron chi connectivity index (χ2n) is 5.78. The number of nitrogens with one attached hydrogen (secondary N) is 2. The molecule has 3 rings (SSSR count). The summed E-state index contributed by atoms with van der Waals surface area (Å²) in [6, 6.07) is 16.2. The van der Waals surface area contributed by atoms with Gasteiger partial charge in [-0.25, -0.2) is 18.7 Å². The van der Waals surface area contributed by atoms with Crippen LogP contribution in [0.2, 0.25) is 0 Å². The van der Waals surface area contributed by atoms with Gasteiger partial charge in [-0.05, 0) is 40.6 Å². The number of rotatable bonds is 5. The molecule has 0 aromatic heterocycles. The molecule has 1 amide bonds. The number of hydrogen-bond donors (Lipinski definition) is 3. The number of nitrogens with zero attached hydrogens (tertiary/aromatic N) is 1. The Morgan fingerprint density at radius 1 is 1.04 bits per heavy atom. The number of fused-ring (bicyclic) bond motifs is 1. The maximum Gasteiger partial charge on any atom is 0.267 e. The maximum absolute atomic E-state index is 12.8. The minimum atomic E-state index is -3.90. The lowest BCUT2D eigenvalue weighted by molar-refractivity contribution is -0.124. The van der Waals surface area contributed by atoms with Crippen LogP contribution in [0, 0.1) is 6.57 Å². The number of sulfonamides is 1. The van der Waals surface area contributed by atoms with Crippen molar-refractivity contribution >= 4 is 44.2 Å². The normalized spacial score (nSPS) is 11.3. The Morgan fingerprint density at radius 3 is 2.50 bits per heavy atom. The fourth-order valence-electron chi connectivity index (χ4n) is 2.67. The van der Waals surface area contributed by atoms with E-state index in [9.17, 15) is 13.2 Å². The van der Waals surface area contributed by atoms with Gasteiger partial charge in [0.15, 0.2) is 5.69 Å². The molecule has 0 atom stereocenters. The van der Waals surface area contributed by atoms with Gasteiger partial charge in [0.2, 0.25) is 0 Å². The number of benzene rings is 3. The monoisotopic (exact) mass is 393 g/mol. The van der Waals surface area contributed by atoms with Gasteiger partial charge >= 0.3 is 0 Å². The summed E-state index contributed by atoms with van der Waals surface area (Å²) in [5, 5.41) is 9.79. The lowest BCUT2D eigenvalue weighted by Gasteiger charge is -2.12. The highest BCUT2D eigenvalue weighted by atomic mass is 32.2. The van der Waals surface area contributed by atoms with Crippen LogP contribution < -0.4 is 10.2 Å². The Bertz CT molecular complexity index is 1230. The van der Waals surface area contributed by atoms with Crippen molar-refractivity contribution in [3.8, 4) is 0 Å². The predicted octanol–water partition coefficient (Wildman–Crippen LogP) is 3.71. The third-order valence-electron chi connectivity index (χ3n) is 3.97. The summed E-state index contributed by atoms with van der Waals surface area (Å²) in [5.41, 5.74) is 2.74. The maximum atomic E-state index is 12.8. The minimum Gasteiger partial charge on any atom is -0.288 e. The van der Waals surface area contributed by atoms with Crippen LogP contribution in [-0.4, -0.2) is 19.5 Å². The van der Waals surface area contributed by atoms with Crippen molar-refractivity contribution in [3.63, 3.8) is 0 Å². The molecule has 0 bridgehead atoms. The van der Waals surface area contributed by atoms with Gasteiger partial charge in [0.1, 0.15) is 0 Å². The molecule has 28 heavy (non-hydrogen) atoms. The first-order chi connectivity index (χ1) is 13.4. The molecular formula is C20H15N3O4S. The molecule has 0 aliphatic heterocycles. The van der Waals surface area contributed by atoms with Gasteiger partial charge in [-0.3, -0.25) is 14.7 Å². The summed E-state index contributed by atoms with van der Waals surface area (Å²) in [4.78, 5) is 14.6. The zero-order valence-corrected chi connectivity index (χ0v) is 15.3. The number of carbonyl (C=O) groups excluding carboxylic acids is 1. The van der Waals surface area contributed by atoms with Crippen molar-refractivity contribution in [2.45, 2.75) is 4.90 Å². The molecule has 0 aliphatic carbocycles. The fraction of sp³-hybridized carbons (Fsp3) is 0. The van der Waals surface area contributed by atoms with Crippen LogP contribution in [0.5, 0.6) is 0 Å². The Hall–Kier alpha value is -3.67. The van der Waals surface area contributed by atoms with E-state index in [1.54, 1.807) is 48.5 Å². The molecule has 140 valence electrons. The molecule has 0 aliphatic rings. The highest BCUT2D eigenvalue weighted by Gasteiger charge is 2.16. The van der Waals surface area contributed by atoms with Gasteiger partial charge in [0.25, 0.3) is 15.9 Å². The van der Waals surface area contributed by atoms with E-state index in [1.165, 1.54) is 23.7 Å². The summed E-state index contributed by atoms with van der Waals surface area (Å²) < 4.78 is 28.2. The van der Waals surface area contributed by atoms with E-state index >= 15 is 0 Å². The second kappa shape index (κ2) is 7.92. The Morgan fingerprint density at radius 2 is 1.79 bits per heavy atom. The quantitative estimate of drug-likeness (QED) is 0.266. The van der Waals surface area contributed by atoms with Crippen molar-refractivity contribution in [2.24, 2.45) is 0 Å². The van der Waals surface area contributed by atoms with E-state index in [0.717, 1.165) is 6.08 Å². The van der Waals surface area contributed by atoms with E-state index in [1.807, 2.05) is 0 Å². The standard InChI is InChI=1S/C20H15N3O4S/c1-21-18-10-11-19(17-8-3-2-7-16(17)18)23-28(26,27)15-6-4-5-14(13-15)9-12-20(24)22-25/h2-13,23,25H,(H,22,24). The lowest BCUT2D eigenvalue weighted by Crippen LogP contribution is -2.15. The van der Waals surface area contributed by atoms with E-state index in [0.29, 0.717) is 27.7 Å². The van der Waals surface area contributed by atoms with E-state index in [4.69, 9.17) is 11.8 Å². The lowest BCUT2D eigenvalue weighted by atomic mass is 10.1. The van der Waals surface area contributed by atoms with Crippen LogP contribution in [0.3, 0.4) is 0 Å². The molecule has 0 fully saturated rings. The van der Waals surface area contributed by atoms with Gasteiger partial charge in [0, 0.05) is 6.08 Å². The van der Waals surface area contributed by atoms with Gasteiger partial charge in [0.05, 0.1) is 17.2 Å². The number of hydrogen-bond acceptors (Lipinski definition) is 4. The summed E-state index contributed by atoms with van der Waals surface area (Å²) in [7, 11) is -3.90. The molecule has 8 heteroatoms. The number of anilines is 1. The molecule has 0 spiro atoms. The van der Waals surface area contributed by atoms with E-state index < -0.39 is 15.9 Å². The first kappa shape index (κ1) is 19.1. The molecule has 0 heterocycles. The van der Waals surface area contributed by atoms with Crippen molar-refractivity contribution < 1.29 is 18.4 Å². The van der Waals surface area contributed by atoms with Crippen LogP contribution in [0.4, 0.5) is 11.4 Å². The van der Waals surface area contributed by atoms with E-state index in [-0.39, 0.29) is 4.90 Å². The highest BCUT2D eigenvalue weighted by molar-refractivity contribution is 7.92. The smallest absolute Gasteiger partial charge is 0.267 e. The fourth-order valence-corrected chi connectivity index (χ4v) is 3.80. The largest absolute Gasteiger partial charge is 0.288 e. The molecule has 0 unspecified atom stereocenters. The molecule has 3 aromatic rings. The Labute approximate surface area is 161 Å². The molecule has 3 N–H and O–H groups in total. The Balaban J connectivity index is 1.98. The summed E-state index contributed by atoms with van der Waals surface area (Å²) in [5.74, 6) is -0.724. The van der Waals surface area contributed by atoms with Crippen LogP contribution in [0.25, 0.3) is 21.7 Å². The number of carbonyl (C=O) groups is 1. The molecule has 3 aromatic carbocycles. The summed E-state index contributed by atoms with van der Waals surface area (Å²) in [6.07, 6.45) is 2.46. The predicted molar refractivity (Wildman–Crippen MR) is 106 cm³/mol. The summed E-state index contributed by atoms with van der Waals surface area (Å²) in [6.45, 7) is 7.25. The van der Waals surface area contributed by atoms with Gasteiger partial charge in [-0.15, -0.1) is 0 Å². The van der Waals surface area contributed by atoms with Crippen LogP contribution >= 0.6 is 0 Å². The number of amides is 1. The van der Waals surface area contributed by atoms with Crippen LogP contribution in [0.1, 0.15) is 5.56 Å². The first-order valence-electron chi connectivity index (χ1n) is 8.09. The highest BCUT2D eigenvalue weighted by Crippen LogP contribution is 2.33. The third-order valence-corrected chi connectivity index (χ3v) is 5.33. The molecule has 0 radical (unpaired) electrons. The SMILES string of the molecule is [C-]#[N+]c1ccc(NS(=O)(=O)c2cccc(C=CC(=O)NO)c2)c2ccccc12. The van der Waals surface area contributed by atoms with E-state index in [2.05, 4.69) is 9.57 Å². The topological polar surface area (TPSA) is 99.9 Å². The van der Waals surface area contributed by atoms with Crippen molar-refractivity contribution in [3.05, 3.63) is 83.7 Å². The molecule has 0 saturated heterocycles. The average molecular weight is 393 g/mol. The van der Waals surface area contributed by atoms with Gasteiger partial charge in [-0.2, -0.15) is 0 Å². The zero-order valence-electron chi connectivity index (χ0n) is 14.5. The van der Waals surface area contributed by atoms with Crippen molar-refractivity contribution in [1.29, 1.82) is 0 Å². The van der Waals surface area contributed by atoms with Crippen molar-refractivity contribution in [1.82, 2.24) is 5.48 Å². The Kier molecular flexibility index (Phi) is 5.40. The first-order valence-corrected chi connectivity index (χ1v) is 9.57. The number of hydroxylamine groups is 1. The summed E-state index contributed by atoms with van der Waals surface area (Å²) >= 11 is 0. The zero-order chi connectivity index (χ0) is 20.1. The molecular weight excluding hydrogens is 378 g/mol. The second-order valence-corrected chi connectivity index (χ2v) is 7.46. The minimum absolute atomic E-state index is 0.0115. The van der Waals surface area contributed by atoms with Gasteiger partial charge in [-0.1, -0.05) is 42.5 Å². The van der Waals surface area contributed by atoms with Gasteiger partial charge < -0.3 is 0 Å². The third kappa shape index (κ3) is 4.01. The molecule has 7 nitrogen and oxygen atoms in total. The van der Waals surface area contributed by atoms with Crippen LogP contribution in [-0.2, 0) is 14.8 Å².